The number of hydrogen-bond acceptors (Lipinski definition) is 6. The van der Waals surface area contributed by atoms with Gasteiger partial charge < -0.3 is 10.1 Å². The van der Waals surface area contributed by atoms with Crippen LogP contribution in [-0.4, -0.2) is 29.9 Å². The van der Waals surface area contributed by atoms with Crippen molar-refractivity contribution in [1.82, 2.24) is 10.9 Å². The number of nitrogens with one attached hydrogen (secondary N) is 3. The summed E-state index contributed by atoms with van der Waals surface area (Å²) >= 11 is 0. The van der Waals surface area contributed by atoms with E-state index in [0.29, 0.717) is 5.69 Å². The third kappa shape index (κ3) is 5.14. The van der Waals surface area contributed by atoms with Gasteiger partial charge in [-0.15, -0.1) is 0 Å². The molecule has 2 aromatic rings. The van der Waals surface area contributed by atoms with Crippen LogP contribution in [0, 0.1) is 15.9 Å². The Morgan fingerprint density at radius 3 is 2.41 bits per heavy atom. The topological polar surface area (TPSA) is 123 Å². The van der Waals surface area contributed by atoms with Crippen LogP contribution in [0.3, 0.4) is 0 Å². The molecule has 0 radical (unpaired) electrons. The first-order valence-electron chi connectivity index (χ1n) is 7.80. The standard InChI is InChI=1S/C17H17FN4O5/c1-10(27-13-6-3-11(18)4-7-13)16(23)20-21-17(24)14-9-12(22(25)26)5-8-15(14)19-2/h3-10,19H,1-2H3,(H,20,23)(H,21,24)/t10-/m0/s1. The van der Waals surface area contributed by atoms with Gasteiger partial charge in [-0.2, -0.15) is 0 Å². The van der Waals surface area contributed by atoms with Crippen LogP contribution in [0.1, 0.15) is 17.3 Å². The molecule has 27 heavy (non-hydrogen) atoms. The van der Waals surface area contributed by atoms with E-state index >= 15 is 0 Å². The minimum absolute atomic E-state index is 0.0147. The molecule has 0 spiro atoms. The van der Waals surface area contributed by atoms with Crippen molar-refractivity contribution in [2.75, 3.05) is 12.4 Å². The lowest BCUT2D eigenvalue weighted by atomic mass is 10.1. The largest absolute Gasteiger partial charge is 0.481 e. The number of benzene rings is 2. The van der Waals surface area contributed by atoms with Crippen molar-refractivity contribution >= 4 is 23.2 Å². The summed E-state index contributed by atoms with van der Waals surface area (Å²) in [4.78, 5) is 34.5. The lowest BCUT2D eigenvalue weighted by Gasteiger charge is -2.15. The second kappa shape index (κ2) is 8.61. The highest BCUT2D eigenvalue weighted by Gasteiger charge is 2.19. The molecule has 9 nitrogen and oxygen atoms in total. The third-order valence-corrected chi connectivity index (χ3v) is 3.52. The molecule has 0 saturated carbocycles. The molecule has 0 aromatic heterocycles. The van der Waals surface area contributed by atoms with Crippen LogP contribution in [0.2, 0.25) is 0 Å². The Hall–Kier alpha value is -3.69. The van der Waals surface area contributed by atoms with Gasteiger partial charge in [0.15, 0.2) is 6.10 Å². The fourth-order valence-electron chi connectivity index (χ4n) is 2.11. The lowest BCUT2D eigenvalue weighted by Crippen LogP contribution is -2.47. The van der Waals surface area contributed by atoms with E-state index in [9.17, 15) is 24.1 Å². The van der Waals surface area contributed by atoms with Gasteiger partial charge in [0.05, 0.1) is 10.5 Å². The number of amides is 2. The molecule has 3 N–H and O–H groups in total. The van der Waals surface area contributed by atoms with Crippen LogP contribution in [0.25, 0.3) is 0 Å². The number of nitro groups is 1. The average molecular weight is 376 g/mol. The predicted molar refractivity (Wildman–Crippen MR) is 94.7 cm³/mol. The molecular weight excluding hydrogens is 359 g/mol. The second-order valence-electron chi connectivity index (χ2n) is 5.39. The zero-order chi connectivity index (χ0) is 20.0. The SMILES string of the molecule is CNc1ccc([N+](=O)[O-])cc1C(=O)NNC(=O)[C@H](C)Oc1ccc(F)cc1. The van der Waals surface area contributed by atoms with Gasteiger partial charge in [-0.25, -0.2) is 4.39 Å². The maximum atomic E-state index is 12.9. The van der Waals surface area contributed by atoms with E-state index in [0.717, 1.165) is 6.07 Å². The van der Waals surface area contributed by atoms with Crippen LogP contribution in [0.15, 0.2) is 42.5 Å². The molecule has 2 rings (SSSR count). The van der Waals surface area contributed by atoms with E-state index in [-0.39, 0.29) is 17.0 Å². The maximum absolute atomic E-state index is 12.9. The molecule has 2 amide bonds. The number of ether oxygens (including phenoxy) is 1. The molecule has 10 heteroatoms. The number of anilines is 1. The smallest absolute Gasteiger partial charge is 0.279 e. The number of non-ortho nitro benzene ring substituents is 1. The Morgan fingerprint density at radius 1 is 1.15 bits per heavy atom. The minimum Gasteiger partial charge on any atom is -0.481 e. The highest BCUT2D eigenvalue weighted by atomic mass is 19.1. The number of hydrogen-bond donors (Lipinski definition) is 3. The number of rotatable bonds is 6. The Bertz CT molecular complexity index is 857. The number of nitrogens with zero attached hydrogens (tertiary/aromatic N) is 1. The summed E-state index contributed by atoms with van der Waals surface area (Å²) in [5.74, 6) is -1.57. The fourth-order valence-corrected chi connectivity index (χ4v) is 2.11. The summed E-state index contributed by atoms with van der Waals surface area (Å²) in [5, 5.41) is 13.6. The summed E-state index contributed by atoms with van der Waals surface area (Å²) in [6.07, 6.45) is -0.982. The number of hydrazine groups is 1. The van der Waals surface area contributed by atoms with Gasteiger partial charge in [-0.1, -0.05) is 0 Å². The predicted octanol–water partition coefficient (Wildman–Crippen LogP) is 2.00. The van der Waals surface area contributed by atoms with E-state index in [1.54, 1.807) is 7.05 Å². The highest BCUT2D eigenvalue weighted by Crippen LogP contribution is 2.21. The first kappa shape index (κ1) is 19.6. The lowest BCUT2D eigenvalue weighted by molar-refractivity contribution is -0.384. The molecular formula is C17H17FN4O5. The zero-order valence-corrected chi connectivity index (χ0v) is 14.5. The molecule has 0 aliphatic carbocycles. The van der Waals surface area contributed by atoms with Crippen LogP contribution in [0.5, 0.6) is 5.75 Å². The molecule has 1 atom stereocenters. The normalized spacial score (nSPS) is 11.2. The summed E-state index contributed by atoms with van der Waals surface area (Å²) in [6, 6.07) is 8.81. The minimum atomic E-state index is -0.982. The molecule has 0 saturated heterocycles. The zero-order valence-electron chi connectivity index (χ0n) is 14.5. The molecule has 142 valence electrons. The number of carbonyl (C=O) groups excluding carboxylic acids is 2. The number of halogens is 1. The molecule has 0 bridgehead atoms. The van der Waals surface area contributed by atoms with Crippen molar-refractivity contribution < 1.29 is 23.6 Å². The van der Waals surface area contributed by atoms with Gasteiger partial charge in [0, 0.05) is 24.9 Å². The van der Waals surface area contributed by atoms with Crippen LogP contribution >= 0.6 is 0 Å². The third-order valence-electron chi connectivity index (χ3n) is 3.52. The maximum Gasteiger partial charge on any atom is 0.279 e. The highest BCUT2D eigenvalue weighted by molar-refractivity contribution is 6.01. The van der Waals surface area contributed by atoms with E-state index in [1.165, 1.54) is 43.3 Å². The molecule has 0 aliphatic heterocycles. The summed E-state index contributed by atoms with van der Waals surface area (Å²) in [7, 11) is 1.55. The van der Waals surface area contributed by atoms with Gasteiger partial charge >= 0.3 is 0 Å². The van der Waals surface area contributed by atoms with Crippen LogP contribution < -0.4 is 20.9 Å². The van der Waals surface area contributed by atoms with E-state index < -0.39 is 28.7 Å². The van der Waals surface area contributed by atoms with Crippen molar-refractivity contribution in [2.24, 2.45) is 0 Å². The van der Waals surface area contributed by atoms with E-state index in [4.69, 9.17) is 4.74 Å². The Kier molecular flexibility index (Phi) is 6.26. The summed E-state index contributed by atoms with van der Waals surface area (Å²) in [6.45, 7) is 1.44. The van der Waals surface area contributed by atoms with Crippen molar-refractivity contribution in [3.05, 3.63) is 64.0 Å². The van der Waals surface area contributed by atoms with Gasteiger partial charge in [-0.3, -0.25) is 30.6 Å². The molecule has 2 aromatic carbocycles. The first-order valence-corrected chi connectivity index (χ1v) is 7.80. The van der Waals surface area contributed by atoms with Crippen LogP contribution in [0.4, 0.5) is 15.8 Å². The van der Waals surface area contributed by atoms with Crippen molar-refractivity contribution in [3.63, 3.8) is 0 Å². The quantitative estimate of drug-likeness (QED) is 0.523. The fraction of sp³-hybridized carbons (Fsp3) is 0.176. The van der Waals surface area contributed by atoms with Gasteiger partial charge in [-0.05, 0) is 37.3 Å². The van der Waals surface area contributed by atoms with Crippen molar-refractivity contribution in [1.29, 1.82) is 0 Å². The van der Waals surface area contributed by atoms with Gasteiger partial charge in [0.1, 0.15) is 11.6 Å². The Morgan fingerprint density at radius 2 is 1.81 bits per heavy atom. The van der Waals surface area contributed by atoms with Gasteiger partial charge in [0.25, 0.3) is 17.5 Å². The number of nitro benzene ring substituents is 1. The molecule has 0 heterocycles. The molecule has 0 fully saturated rings. The number of carbonyl (C=O) groups is 2. The second-order valence-corrected chi connectivity index (χ2v) is 5.39. The summed E-state index contributed by atoms with van der Waals surface area (Å²) < 4.78 is 18.2. The summed E-state index contributed by atoms with van der Waals surface area (Å²) in [5.41, 5.74) is 4.42. The Labute approximate surface area is 153 Å². The van der Waals surface area contributed by atoms with Crippen molar-refractivity contribution in [3.8, 4) is 5.75 Å². The van der Waals surface area contributed by atoms with E-state index in [2.05, 4.69) is 16.2 Å². The molecule has 0 aliphatic rings. The van der Waals surface area contributed by atoms with Gasteiger partial charge in [0.2, 0.25) is 0 Å². The molecule has 0 unspecified atom stereocenters. The van der Waals surface area contributed by atoms with E-state index in [1.807, 2.05) is 0 Å². The first-order chi connectivity index (χ1) is 12.8. The average Bonchev–Trinajstić information content (AvgIpc) is 2.66. The monoisotopic (exact) mass is 376 g/mol. The Balaban J connectivity index is 1.99. The van der Waals surface area contributed by atoms with Crippen molar-refractivity contribution in [2.45, 2.75) is 13.0 Å². The van der Waals surface area contributed by atoms with Crippen LogP contribution in [-0.2, 0) is 4.79 Å².